The van der Waals surface area contributed by atoms with Crippen LogP contribution in [0.15, 0.2) is 30.3 Å². The summed E-state index contributed by atoms with van der Waals surface area (Å²) >= 11 is 0. The van der Waals surface area contributed by atoms with Gasteiger partial charge in [0.15, 0.2) is 0 Å². The lowest BCUT2D eigenvalue weighted by Gasteiger charge is -2.04. The van der Waals surface area contributed by atoms with Crippen LogP contribution in [0, 0.1) is 5.92 Å². The van der Waals surface area contributed by atoms with E-state index in [0.717, 1.165) is 5.56 Å². The molecule has 1 aromatic rings. The molecule has 0 saturated carbocycles. The first-order valence-corrected chi connectivity index (χ1v) is 5.97. The van der Waals surface area contributed by atoms with Crippen molar-refractivity contribution >= 4 is 5.97 Å². The number of rotatable bonds is 3. The third kappa shape index (κ3) is 8.04. The zero-order valence-electron chi connectivity index (χ0n) is 11.0. The Morgan fingerprint density at radius 3 is 1.94 bits per heavy atom. The number of hydrogen-bond donors (Lipinski definition) is 1. The molecule has 2 heteroatoms. The predicted molar refractivity (Wildman–Crippen MR) is 69.6 cm³/mol. The highest BCUT2D eigenvalue weighted by Gasteiger charge is 2.10. The lowest BCUT2D eigenvalue weighted by atomic mass is 10.0. The van der Waals surface area contributed by atoms with Crippen molar-refractivity contribution in [2.75, 3.05) is 0 Å². The summed E-state index contributed by atoms with van der Waals surface area (Å²) in [6.07, 6.45) is 0.607. The summed E-state index contributed by atoms with van der Waals surface area (Å²) in [6.45, 7) is 9.72. The van der Waals surface area contributed by atoms with E-state index in [1.54, 1.807) is 6.92 Å². The number of carboxylic acids is 1. The van der Waals surface area contributed by atoms with Gasteiger partial charge < -0.3 is 5.11 Å². The molecular weight excluding hydrogens is 200 g/mol. The molecule has 0 aliphatic rings. The van der Waals surface area contributed by atoms with Crippen LogP contribution in [0.3, 0.4) is 0 Å². The molecule has 1 rings (SSSR count). The fraction of sp³-hybridized carbons (Fsp3) is 0.500. The van der Waals surface area contributed by atoms with Crippen LogP contribution in [0.4, 0.5) is 0 Å². The highest BCUT2D eigenvalue weighted by Crippen LogP contribution is 2.07. The Morgan fingerprint density at radius 2 is 1.56 bits per heavy atom. The van der Waals surface area contributed by atoms with E-state index in [1.807, 2.05) is 58.0 Å². The molecule has 16 heavy (non-hydrogen) atoms. The number of aliphatic carboxylic acids is 1. The Bertz CT molecular complexity index is 255. The number of benzene rings is 1. The lowest BCUT2D eigenvalue weighted by Crippen LogP contribution is -2.11. The van der Waals surface area contributed by atoms with Gasteiger partial charge in [-0.05, 0) is 12.0 Å². The van der Waals surface area contributed by atoms with E-state index < -0.39 is 5.97 Å². The molecule has 2 nitrogen and oxygen atoms in total. The SMILES string of the molecule is CC.CC.CC(Cc1ccccc1)C(=O)O. The molecule has 0 fully saturated rings. The summed E-state index contributed by atoms with van der Waals surface area (Å²) in [5, 5.41) is 8.64. The summed E-state index contributed by atoms with van der Waals surface area (Å²) in [5.74, 6) is -1.04. The Hall–Kier alpha value is -1.31. The summed E-state index contributed by atoms with van der Waals surface area (Å²) in [7, 11) is 0. The van der Waals surface area contributed by atoms with Crippen LogP contribution in [0.1, 0.15) is 40.2 Å². The van der Waals surface area contributed by atoms with Crippen molar-refractivity contribution in [1.82, 2.24) is 0 Å². The van der Waals surface area contributed by atoms with Crippen molar-refractivity contribution in [3.63, 3.8) is 0 Å². The van der Waals surface area contributed by atoms with Crippen molar-refractivity contribution < 1.29 is 9.90 Å². The van der Waals surface area contributed by atoms with E-state index in [0.29, 0.717) is 6.42 Å². The third-order valence-corrected chi connectivity index (χ3v) is 1.81. The molecule has 0 aliphatic heterocycles. The molecule has 0 bridgehead atoms. The van der Waals surface area contributed by atoms with Crippen molar-refractivity contribution in [3.8, 4) is 0 Å². The normalized spacial score (nSPS) is 10.1. The molecule has 1 aromatic carbocycles. The Labute approximate surface area is 99.3 Å². The van der Waals surface area contributed by atoms with Gasteiger partial charge in [0.1, 0.15) is 0 Å². The summed E-state index contributed by atoms with van der Waals surface area (Å²) in [4.78, 5) is 10.5. The molecule has 0 radical (unpaired) electrons. The largest absolute Gasteiger partial charge is 0.481 e. The highest BCUT2D eigenvalue weighted by molar-refractivity contribution is 5.69. The molecule has 92 valence electrons. The van der Waals surface area contributed by atoms with Crippen LogP contribution in [0.25, 0.3) is 0 Å². The van der Waals surface area contributed by atoms with E-state index in [9.17, 15) is 4.79 Å². The van der Waals surface area contributed by atoms with Gasteiger partial charge in [0, 0.05) is 0 Å². The van der Waals surface area contributed by atoms with E-state index in [4.69, 9.17) is 5.11 Å². The smallest absolute Gasteiger partial charge is 0.306 e. The average Bonchev–Trinajstić information content (AvgIpc) is 2.35. The highest BCUT2D eigenvalue weighted by atomic mass is 16.4. The molecule has 0 amide bonds. The molecule has 0 saturated heterocycles. The van der Waals surface area contributed by atoms with Crippen molar-refractivity contribution in [2.45, 2.75) is 41.0 Å². The Kier molecular flexibility index (Phi) is 12.6. The maximum Gasteiger partial charge on any atom is 0.306 e. The molecular formula is C14H24O2. The average molecular weight is 224 g/mol. The number of hydrogen-bond acceptors (Lipinski definition) is 1. The van der Waals surface area contributed by atoms with Gasteiger partial charge in [0.05, 0.1) is 5.92 Å². The van der Waals surface area contributed by atoms with Gasteiger partial charge in [-0.1, -0.05) is 65.0 Å². The summed E-state index contributed by atoms with van der Waals surface area (Å²) in [6, 6.07) is 9.65. The van der Waals surface area contributed by atoms with Crippen LogP contribution >= 0.6 is 0 Å². The van der Waals surface area contributed by atoms with Crippen LogP contribution in [-0.4, -0.2) is 11.1 Å². The topological polar surface area (TPSA) is 37.3 Å². The number of carbonyl (C=O) groups is 1. The van der Waals surface area contributed by atoms with Gasteiger partial charge in [-0.3, -0.25) is 4.79 Å². The predicted octanol–water partition coefficient (Wildman–Crippen LogP) is 4.00. The van der Waals surface area contributed by atoms with Crippen LogP contribution in [0.2, 0.25) is 0 Å². The third-order valence-electron chi connectivity index (χ3n) is 1.81. The maximum absolute atomic E-state index is 10.5. The Morgan fingerprint density at radius 1 is 1.12 bits per heavy atom. The molecule has 0 heterocycles. The summed E-state index contributed by atoms with van der Waals surface area (Å²) < 4.78 is 0. The fourth-order valence-corrected chi connectivity index (χ4v) is 1.05. The second kappa shape index (κ2) is 11.8. The molecule has 1 atom stereocenters. The van der Waals surface area contributed by atoms with Crippen LogP contribution in [-0.2, 0) is 11.2 Å². The zero-order valence-corrected chi connectivity index (χ0v) is 11.0. The standard InChI is InChI=1S/C10H12O2.2C2H6/c1-8(10(11)12)7-9-5-3-2-4-6-9;2*1-2/h2-6,8H,7H2,1H3,(H,11,12);2*1-2H3. The van der Waals surface area contributed by atoms with Gasteiger partial charge in [0.2, 0.25) is 0 Å². The van der Waals surface area contributed by atoms with Gasteiger partial charge in [0.25, 0.3) is 0 Å². The first-order chi connectivity index (χ1) is 7.70. The lowest BCUT2D eigenvalue weighted by molar-refractivity contribution is -0.141. The maximum atomic E-state index is 10.5. The molecule has 0 aromatic heterocycles. The first-order valence-electron chi connectivity index (χ1n) is 5.97. The van der Waals surface area contributed by atoms with Crippen molar-refractivity contribution in [1.29, 1.82) is 0 Å². The second-order valence-corrected chi connectivity index (χ2v) is 2.93. The molecule has 0 aliphatic carbocycles. The number of carboxylic acid groups (broad SMARTS) is 1. The van der Waals surface area contributed by atoms with E-state index >= 15 is 0 Å². The van der Waals surface area contributed by atoms with Crippen molar-refractivity contribution in [2.24, 2.45) is 5.92 Å². The molecule has 1 N–H and O–H groups in total. The fourth-order valence-electron chi connectivity index (χ4n) is 1.05. The minimum atomic E-state index is -0.737. The van der Waals surface area contributed by atoms with Gasteiger partial charge in [-0.15, -0.1) is 0 Å². The first kappa shape index (κ1) is 17.1. The minimum Gasteiger partial charge on any atom is -0.481 e. The quantitative estimate of drug-likeness (QED) is 0.842. The molecule has 0 spiro atoms. The van der Waals surface area contributed by atoms with Crippen LogP contribution < -0.4 is 0 Å². The summed E-state index contributed by atoms with van der Waals surface area (Å²) in [5.41, 5.74) is 1.08. The monoisotopic (exact) mass is 224 g/mol. The minimum absolute atomic E-state index is 0.299. The van der Waals surface area contributed by atoms with E-state index in [-0.39, 0.29) is 5.92 Å². The van der Waals surface area contributed by atoms with Gasteiger partial charge >= 0.3 is 5.97 Å². The Balaban J connectivity index is 0. The second-order valence-electron chi connectivity index (χ2n) is 2.93. The van der Waals surface area contributed by atoms with Gasteiger partial charge in [-0.25, -0.2) is 0 Å². The zero-order chi connectivity index (χ0) is 13.0. The van der Waals surface area contributed by atoms with Crippen LogP contribution in [0.5, 0.6) is 0 Å². The van der Waals surface area contributed by atoms with E-state index in [2.05, 4.69) is 0 Å². The van der Waals surface area contributed by atoms with Gasteiger partial charge in [-0.2, -0.15) is 0 Å². The molecule has 1 unspecified atom stereocenters. The van der Waals surface area contributed by atoms with E-state index in [1.165, 1.54) is 0 Å². The van der Waals surface area contributed by atoms with Crippen molar-refractivity contribution in [3.05, 3.63) is 35.9 Å².